The number of esters is 1. The van der Waals surface area contributed by atoms with Crippen molar-refractivity contribution in [3.8, 4) is 16.9 Å². The van der Waals surface area contributed by atoms with Crippen molar-refractivity contribution in [2.45, 2.75) is 70.4 Å². The summed E-state index contributed by atoms with van der Waals surface area (Å²) in [6.07, 6.45) is -7.48. The second kappa shape index (κ2) is 14.7. The lowest BCUT2D eigenvalue weighted by atomic mass is 10.0. The highest BCUT2D eigenvalue weighted by atomic mass is 32.2. The lowest BCUT2D eigenvalue weighted by Crippen LogP contribution is -2.54. The number of nitrogens with one attached hydrogen (secondary N) is 1. The third kappa shape index (κ3) is 9.89. The molecule has 2 aromatic carbocycles. The van der Waals surface area contributed by atoms with Crippen LogP contribution in [0.25, 0.3) is 16.9 Å². The fourth-order valence-corrected chi connectivity index (χ4v) is 5.79. The van der Waals surface area contributed by atoms with Crippen molar-refractivity contribution in [1.29, 1.82) is 0 Å². The van der Waals surface area contributed by atoms with Crippen molar-refractivity contribution in [3.05, 3.63) is 65.9 Å². The molecule has 20 heteroatoms. The van der Waals surface area contributed by atoms with Gasteiger partial charge in [0.1, 0.15) is 10.6 Å². The molecule has 0 aliphatic carbocycles. The van der Waals surface area contributed by atoms with E-state index in [-0.39, 0.29) is 35.2 Å². The molecule has 3 heterocycles. The highest BCUT2D eigenvalue weighted by Gasteiger charge is 2.37. The number of benzene rings is 2. The van der Waals surface area contributed by atoms with Crippen molar-refractivity contribution in [3.63, 3.8) is 0 Å². The summed E-state index contributed by atoms with van der Waals surface area (Å²) >= 11 is 0. The average Bonchev–Trinajstić information content (AvgIpc) is 3.59. The molecule has 1 aliphatic rings. The molecule has 2 aromatic heterocycles. The summed E-state index contributed by atoms with van der Waals surface area (Å²) in [5, 5.41) is 6.41. The first-order valence-corrected chi connectivity index (χ1v) is 17.4. The highest BCUT2D eigenvalue weighted by Crippen LogP contribution is 2.33. The van der Waals surface area contributed by atoms with Crippen LogP contribution in [0.2, 0.25) is 0 Å². The number of hydrogen-bond acceptors (Lipinski definition) is 12. The van der Waals surface area contributed by atoms with Crippen LogP contribution in [0.5, 0.6) is 0 Å². The summed E-state index contributed by atoms with van der Waals surface area (Å²) < 4.78 is 89.6. The lowest BCUT2D eigenvalue weighted by Gasteiger charge is -2.35. The Balaban J connectivity index is 1.05. The van der Waals surface area contributed by atoms with Crippen LogP contribution in [0.3, 0.4) is 0 Å². The fraction of sp³-hybridized carbons (Fsp3) is 0.438. The van der Waals surface area contributed by atoms with E-state index in [0.29, 0.717) is 18.7 Å². The highest BCUT2D eigenvalue weighted by molar-refractivity contribution is 7.90. The van der Waals surface area contributed by atoms with E-state index >= 15 is 0 Å². The van der Waals surface area contributed by atoms with Gasteiger partial charge in [-0.1, -0.05) is 29.8 Å². The summed E-state index contributed by atoms with van der Waals surface area (Å²) in [5.74, 6) is -1.72. The predicted octanol–water partition coefficient (Wildman–Crippen LogP) is 4.19. The second-order valence-corrected chi connectivity index (χ2v) is 14.6. The van der Waals surface area contributed by atoms with E-state index in [1.54, 1.807) is 50.0 Å². The molecule has 0 radical (unpaired) electrons. The van der Waals surface area contributed by atoms with Gasteiger partial charge in [0.15, 0.2) is 5.69 Å². The first-order valence-electron chi connectivity index (χ1n) is 15.9. The monoisotopic (exact) mass is 754 g/mol. The van der Waals surface area contributed by atoms with Crippen molar-refractivity contribution in [1.82, 2.24) is 24.5 Å². The normalized spacial score (nSPS) is 14.4. The first kappa shape index (κ1) is 37.8. The van der Waals surface area contributed by atoms with E-state index in [1.807, 2.05) is 11.6 Å². The number of aromatic nitrogens is 4. The molecule has 1 N–H and O–H groups in total. The van der Waals surface area contributed by atoms with Crippen molar-refractivity contribution < 1.29 is 59.6 Å². The van der Waals surface area contributed by atoms with Crippen LogP contribution in [-0.2, 0) is 40.0 Å². The zero-order valence-corrected chi connectivity index (χ0v) is 29.6. The summed E-state index contributed by atoms with van der Waals surface area (Å²) in [4.78, 5) is 42.6. The third-order valence-electron chi connectivity index (χ3n) is 7.35. The summed E-state index contributed by atoms with van der Waals surface area (Å²) in [7, 11) is -4.37. The number of carbonyl (C=O) groups is 3. The lowest BCUT2D eigenvalue weighted by molar-refractivity contribution is -0.147. The van der Waals surface area contributed by atoms with Crippen LogP contribution < -0.4 is 14.6 Å². The Morgan fingerprint density at radius 2 is 1.67 bits per heavy atom. The van der Waals surface area contributed by atoms with Crippen LogP contribution in [0.1, 0.15) is 51.8 Å². The van der Waals surface area contributed by atoms with Crippen molar-refractivity contribution >= 4 is 28.1 Å². The SMILES string of the molecule is Cc1ccc(-c2cc(C(F)(F)F)nn2-c2ccc(S(=O)(=O)NC(=O)CCC(=O)OCC3CN(n4on4OC(C)OC(=O)OC(C)(C)C)C3)cc2)cc1. The molecule has 282 valence electrons. The van der Waals surface area contributed by atoms with Gasteiger partial charge in [-0.3, -0.25) is 14.6 Å². The summed E-state index contributed by atoms with van der Waals surface area (Å²) in [5.41, 5.74) is -0.181. The van der Waals surface area contributed by atoms with E-state index in [0.717, 1.165) is 33.5 Å². The molecule has 1 saturated heterocycles. The zero-order valence-electron chi connectivity index (χ0n) is 28.7. The van der Waals surface area contributed by atoms with Crippen molar-refractivity contribution in [2.24, 2.45) is 5.92 Å². The standard InChI is InChI=1S/C32H37F3N6O10S/c1-20-6-8-23(9-7-20)26-16-27(32(33,34)35)36-39(26)24-10-12-25(13-11-24)52(45,46)37-28(42)14-15-29(43)47-19-22-17-38(18-22)40-41(51-40)50-21(2)48-30(44)49-31(3,4)5/h6-13,16,21-22H,14-15,17-19H2,1-5H3,(H,37,42). The van der Waals surface area contributed by atoms with Gasteiger partial charge in [-0.2, -0.15) is 22.9 Å². The molecule has 52 heavy (non-hydrogen) atoms. The maximum Gasteiger partial charge on any atom is 0.511 e. The van der Waals surface area contributed by atoms with Gasteiger partial charge in [0.05, 0.1) is 29.3 Å². The molecule has 1 unspecified atom stereocenters. The molecule has 0 spiro atoms. The van der Waals surface area contributed by atoms with E-state index in [4.69, 9.17) is 23.7 Å². The Morgan fingerprint density at radius 1 is 1.02 bits per heavy atom. The quantitative estimate of drug-likeness (QED) is 0.152. The Morgan fingerprint density at radius 3 is 2.29 bits per heavy atom. The number of ether oxygens (including phenoxy) is 3. The summed E-state index contributed by atoms with van der Waals surface area (Å²) in [6.45, 7) is 9.29. The van der Waals surface area contributed by atoms with Crippen LogP contribution in [-0.4, -0.2) is 77.8 Å². The van der Waals surface area contributed by atoms with Gasteiger partial charge in [0.25, 0.3) is 16.3 Å². The molecule has 1 amide bonds. The van der Waals surface area contributed by atoms with Gasteiger partial charge in [-0.25, -0.2) is 22.6 Å². The Labute approximate surface area is 295 Å². The minimum atomic E-state index is -4.71. The van der Waals surface area contributed by atoms with Crippen LogP contribution >= 0.6 is 0 Å². The molecule has 16 nitrogen and oxygen atoms in total. The van der Waals surface area contributed by atoms with E-state index in [9.17, 15) is 36.0 Å². The molecule has 1 atom stereocenters. The first-order chi connectivity index (χ1) is 24.3. The molecule has 5 rings (SSSR count). The predicted molar refractivity (Wildman–Crippen MR) is 174 cm³/mol. The maximum atomic E-state index is 13.5. The number of nitrogens with zero attached hydrogens (tertiary/aromatic N) is 5. The molecular formula is C32H37F3N6O10S. The van der Waals surface area contributed by atoms with Gasteiger partial charge < -0.3 is 19.0 Å². The van der Waals surface area contributed by atoms with Gasteiger partial charge in [-0.15, -0.1) is 0 Å². The van der Waals surface area contributed by atoms with Crippen LogP contribution in [0.15, 0.2) is 64.1 Å². The molecule has 0 bridgehead atoms. The Kier molecular flexibility index (Phi) is 10.7. The fourth-order valence-electron chi connectivity index (χ4n) is 4.78. The smallest absolute Gasteiger partial charge is 0.465 e. The van der Waals surface area contributed by atoms with Crippen LogP contribution in [0, 0.1) is 12.8 Å². The van der Waals surface area contributed by atoms with E-state index < -0.39 is 58.2 Å². The number of halogens is 3. The third-order valence-corrected chi connectivity index (χ3v) is 8.74. The molecule has 4 aromatic rings. The van der Waals surface area contributed by atoms with Crippen LogP contribution in [0.4, 0.5) is 18.0 Å². The Bertz CT molecular complexity index is 1980. The van der Waals surface area contributed by atoms with Gasteiger partial charge in [0.2, 0.25) is 5.91 Å². The number of carbonyl (C=O) groups excluding carboxylic acids is 3. The number of hydrogen-bond donors (Lipinski definition) is 1. The van der Waals surface area contributed by atoms with Gasteiger partial charge >= 0.3 is 18.3 Å². The minimum Gasteiger partial charge on any atom is -0.465 e. The second-order valence-electron chi connectivity index (χ2n) is 13.0. The minimum absolute atomic E-state index is 0.0425. The number of aryl methyl sites for hydroxylation is 1. The van der Waals surface area contributed by atoms with Crippen molar-refractivity contribution in [2.75, 3.05) is 24.7 Å². The Hall–Kier alpha value is -5.40. The average molecular weight is 755 g/mol. The maximum absolute atomic E-state index is 13.5. The molecule has 1 aliphatic heterocycles. The molecule has 0 saturated carbocycles. The molecule has 1 fully saturated rings. The number of amides is 1. The number of rotatable bonds is 13. The zero-order chi connectivity index (χ0) is 38.0. The number of alkyl halides is 3. The molecular weight excluding hydrogens is 717 g/mol. The largest absolute Gasteiger partial charge is 0.511 e. The van der Waals surface area contributed by atoms with E-state index in [2.05, 4.69) is 5.10 Å². The van der Waals surface area contributed by atoms with Gasteiger partial charge in [0, 0.05) is 42.9 Å². The number of sulfonamides is 1. The van der Waals surface area contributed by atoms with Gasteiger partial charge in [-0.05, 0) is 58.0 Å². The topological polar surface area (TPSA) is 178 Å². The van der Waals surface area contributed by atoms with E-state index in [1.165, 1.54) is 24.0 Å². The summed E-state index contributed by atoms with van der Waals surface area (Å²) in [6, 6.07) is 12.5.